The van der Waals surface area contributed by atoms with Gasteiger partial charge in [0.05, 0.1) is 5.75 Å². The molecule has 0 aliphatic carbocycles. The lowest BCUT2D eigenvalue weighted by Crippen LogP contribution is -2.37. The second kappa shape index (κ2) is 6.50. The molecule has 19 heavy (non-hydrogen) atoms. The van der Waals surface area contributed by atoms with Crippen molar-refractivity contribution >= 4 is 10.1 Å². The van der Waals surface area contributed by atoms with Crippen molar-refractivity contribution < 1.29 is 13.0 Å². The van der Waals surface area contributed by atoms with Crippen LogP contribution in [-0.2, 0) is 16.5 Å². The number of nitrogens with zero attached hydrogens (tertiary/aromatic N) is 1. The van der Waals surface area contributed by atoms with Crippen LogP contribution in [0.25, 0.3) is 0 Å². The molecular formula is C14H21NO3S. The summed E-state index contributed by atoms with van der Waals surface area (Å²) in [5.41, 5.74) is 1.37. The Bertz CT molecular complexity index is 479. The van der Waals surface area contributed by atoms with Gasteiger partial charge in [0.15, 0.2) is 0 Å². The number of rotatable bonds is 5. The van der Waals surface area contributed by atoms with E-state index in [0.717, 1.165) is 32.4 Å². The van der Waals surface area contributed by atoms with E-state index >= 15 is 0 Å². The normalized spacial score (nSPS) is 18.6. The third kappa shape index (κ3) is 5.30. The lowest BCUT2D eigenvalue weighted by Gasteiger charge is -2.31. The third-order valence-corrected chi connectivity index (χ3v) is 4.44. The molecule has 0 bridgehead atoms. The Labute approximate surface area is 115 Å². The lowest BCUT2D eigenvalue weighted by atomic mass is 9.90. The molecule has 0 atom stereocenters. The number of likely N-dealkylation sites (tertiary alicyclic amines) is 1. The van der Waals surface area contributed by atoms with E-state index in [9.17, 15) is 8.42 Å². The highest BCUT2D eigenvalue weighted by molar-refractivity contribution is 7.85. The van der Waals surface area contributed by atoms with Crippen LogP contribution in [0, 0.1) is 5.92 Å². The van der Waals surface area contributed by atoms with Crippen LogP contribution in [0.5, 0.6) is 0 Å². The second-order valence-electron chi connectivity index (χ2n) is 5.26. The smallest absolute Gasteiger partial charge is 0.266 e. The quantitative estimate of drug-likeness (QED) is 0.838. The molecule has 1 fully saturated rings. The van der Waals surface area contributed by atoms with Gasteiger partial charge < -0.3 is 4.90 Å². The van der Waals surface area contributed by atoms with Crippen LogP contribution >= 0.6 is 0 Å². The van der Waals surface area contributed by atoms with Gasteiger partial charge in [-0.25, -0.2) is 0 Å². The number of hydrogen-bond donors (Lipinski definition) is 1. The van der Waals surface area contributed by atoms with Gasteiger partial charge in [-0.3, -0.25) is 4.55 Å². The molecule has 1 aromatic rings. The fourth-order valence-electron chi connectivity index (χ4n) is 2.61. The maximum absolute atomic E-state index is 10.7. The number of hydrogen-bond acceptors (Lipinski definition) is 3. The van der Waals surface area contributed by atoms with E-state index in [1.165, 1.54) is 5.56 Å². The molecule has 0 saturated carbocycles. The molecule has 1 aliphatic rings. The SMILES string of the molecule is O=S(=O)(O)CCN1CCC(Cc2ccccc2)CC1. The molecule has 1 heterocycles. The van der Waals surface area contributed by atoms with Gasteiger partial charge in [0.25, 0.3) is 10.1 Å². The minimum absolute atomic E-state index is 0.156. The van der Waals surface area contributed by atoms with Crippen LogP contribution in [0.1, 0.15) is 18.4 Å². The van der Waals surface area contributed by atoms with Crippen LogP contribution in [0.4, 0.5) is 0 Å². The number of benzene rings is 1. The Hall–Kier alpha value is -0.910. The molecule has 1 aliphatic heterocycles. The summed E-state index contributed by atoms with van der Waals surface area (Å²) in [7, 11) is -3.83. The van der Waals surface area contributed by atoms with E-state index in [2.05, 4.69) is 29.2 Å². The molecule has 5 heteroatoms. The van der Waals surface area contributed by atoms with Crippen molar-refractivity contribution in [1.29, 1.82) is 0 Å². The Morgan fingerprint density at radius 2 is 1.79 bits per heavy atom. The summed E-state index contributed by atoms with van der Waals surface area (Å²) in [5.74, 6) is 0.528. The van der Waals surface area contributed by atoms with Crippen molar-refractivity contribution in [3.63, 3.8) is 0 Å². The summed E-state index contributed by atoms with van der Waals surface area (Å²) in [5, 5.41) is 0. The van der Waals surface area contributed by atoms with Crippen molar-refractivity contribution in [2.24, 2.45) is 5.92 Å². The van der Waals surface area contributed by atoms with E-state index in [1.54, 1.807) is 0 Å². The molecule has 1 N–H and O–H groups in total. The fourth-order valence-corrected chi connectivity index (χ4v) is 3.09. The Morgan fingerprint density at radius 3 is 2.37 bits per heavy atom. The molecule has 4 nitrogen and oxygen atoms in total. The first-order valence-electron chi connectivity index (χ1n) is 6.74. The van der Waals surface area contributed by atoms with E-state index in [0.29, 0.717) is 12.5 Å². The summed E-state index contributed by atoms with van der Waals surface area (Å²) >= 11 is 0. The molecule has 0 unspecified atom stereocenters. The fraction of sp³-hybridized carbons (Fsp3) is 0.571. The molecule has 0 radical (unpaired) electrons. The molecule has 0 aromatic heterocycles. The van der Waals surface area contributed by atoms with E-state index < -0.39 is 10.1 Å². The highest BCUT2D eigenvalue weighted by Crippen LogP contribution is 2.21. The minimum atomic E-state index is -3.83. The lowest BCUT2D eigenvalue weighted by molar-refractivity contribution is 0.192. The summed E-state index contributed by atoms with van der Waals surface area (Å²) in [6.45, 7) is 2.29. The van der Waals surface area contributed by atoms with Gasteiger partial charge >= 0.3 is 0 Å². The molecule has 2 rings (SSSR count). The first-order chi connectivity index (χ1) is 9.03. The first-order valence-corrected chi connectivity index (χ1v) is 8.35. The summed E-state index contributed by atoms with van der Waals surface area (Å²) in [6.07, 6.45) is 3.30. The first kappa shape index (κ1) is 14.5. The zero-order valence-electron chi connectivity index (χ0n) is 11.0. The van der Waals surface area contributed by atoms with Crippen molar-refractivity contribution in [3.8, 4) is 0 Å². The van der Waals surface area contributed by atoms with Crippen LogP contribution in [0.3, 0.4) is 0 Å². The predicted molar refractivity (Wildman–Crippen MR) is 75.7 cm³/mol. The topological polar surface area (TPSA) is 57.6 Å². The molecule has 106 valence electrons. The van der Waals surface area contributed by atoms with Gasteiger partial charge in [0.1, 0.15) is 0 Å². The zero-order valence-corrected chi connectivity index (χ0v) is 11.8. The summed E-state index contributed by atoms with van der Waals surface area (Å²) < 4.78 is 30.2. The van der Waals surface area contributed by atoms with Crippen LogP contribution < -0.4 is 0 Å². The molecular weight excluding hydrogens is 262 g/mol. The maximum Gasteiger partial charge on any atom is 0.266 e. The summed E-state index contributed by atoms with van der Waals surface area (Å²) in [6, 6.07) is 10.5. The minimum Gasteiger partial charge on any atom is -0.302 e. The molecule has 1 saturated heterocycles. The standard InChI is InChI=1S/C14H21NO3S/c16-19(17,18)11-10-15-8-6-14(7-9-15)12-13-4-2-1-3-5-13/h1-5,14H,6-12H2,(H,16,17,18). The van der Waals surface area contributed by atoms with Gasteiger partial charge in [0, 0.05) is 6.54 Å². The van der Waals surface area contributed by atoms with Crippen molar-refractivity contribution in [2.45, 2.75) is 19.3 Å². The average Bonchev–Trinajstić information content (AvgIpc) is 2.38. The predicted octanol–water partition coefficient (Wildman–Crippen LogP) is 1.83. The van der Waals surface area contributed by atoms with Crippen LogP contribution in [0.2, 0.25) is 0 Å². The highest BCUT2D eigenvalue weighted by atomic mass is 32.2. The van der Waals surface area contributed by atoms with E-state index in [-0.39, 0.29) is 5.75 Å². The van der Waals surface area contributed by atoms with Crippen LogP contribution in [-0.4, -0.2) is 43.3 Å². The van der Waals surface area contributed by atoms with Gasteiger partial charge in [-0.1, -0.05) is 30.3 Å². The Morgan fingerprint density at radius 1 is 1.16 bits per heavy atom. The van der Waals surface area contributed by atoms with Crippen molar-refractivity contribution in [2.75, 3.05) is 25.4 Å². The Kier molecular flexibility index (Phi) is 4.96. The van der Waals surface area contributed by atoms with Gasteiger partial charge in [-0.2, -0.15) is 8.42 Å². The summed E-state index contributed by atoms with van der Waals surface area (Å²) in [4.78, 5) is 2.12. The van der Waals surface area contributed by atoms with Crippen LogP contribution in [0.15, 0.2) is 30.3 Å². The average molecular weight is 283 g/mol. The highest BCUT2D eigenvalue weighted by Gasteiger charge is 2.20. The zero-order chi connectivity index (χ0) is 13.7. The van der Waals surface area contributed by atoms with Crippen molar-refractivity contribution in [3.05, 3.63) is 35.9 Å². The van der Waals surface area contributed by atoms with Gasteiger partial charge in [0.2, 0.25) is 0 Å². The monoisotopic (exact) mass is 283 g/mol. The Balaban J connectivity index is 1.74. The van der Waals surface area contributed by atoms with Gasteiger partial charge in [-0.15, -0.1) is 0 Å². The molecule has 0 spiro atoms. The molecule has 1 aromatic carbocycles. The third-order valence-electron chi connectivity index (χ3n) is 3.74. The maximum atomic E-state index is 10.7. The van der Waals surface area contributed by atoms with Gasteiger partial charge in [-0.05, 0) is 43.8 Å². The largest absolute Gasteiger partial charge is 0.302 e. The van der Waals surface area contributed by atoms with Crippen molar-refractivity contribution in [1.82, 2.24) is 4.90 Å². The second-order valence-corrected chi connectivity index (χ2v) is 6.83. The number of piperidine rings is 1. The van der Waals surface area contributed by atoms with E-state index in [4.69, 9.17) is 4.55 Å². The van der Waals surface area contributed by atoms with E-state index in [1.807, 2.05) is 6.07 Å². The molecule has 0 amide bonds.